The van der Waals surface area contributed by atoms with Gasteiger partial charge in [0, 0.05) is 18.2 Å². The zero-order valence-electron chi connectivity index (χ0n) is 14.0. The zero-order chi connectivity index (χ0) is 17.5. The van der Waals surface area contributed by atoms with Gasteiger partial charge in [0.1, 0.15) is 0 Å². The van der Waals surface area contributed by atoms with Crippen molar-refractivity contribution in [3.8, 4) is 17.6 Å². The van der Waals surface area contributed by atoms with Gasteiger partial charge in [0.15, 0.2) is 23.2 Å². The van der Waals surface area contributed by atoms with E-state index in [0.29, 0.717) is 29.5 Å². The van der Waals surface area contributed by atoms with Crippen molar-refractivity contribution in [2.75, 3.05) is 19.5 Å². The second kappa shape index (κ2) is 8.34. The molecule has 1 N–H and O–H groups in total. The number of carbonyl (C=O) groups is 2. The predicted octanol–water partition coefficient (Wildman–Crippen LogP) is 2.93. The van der Waals surface area contributed by atoms with Gasteiger partial charge in [-0.3, -0.25) is 9.59 Å². The van der Waals surface area contributed by atoms with Crippen molar-refractivity contribution in [1.29, 1.82) is 5.26 Å². The standard InChI is InChI=1S/C18H22N2O4/c1-23-16-8-7-13(10-17(16)24-2)20-18(22)14(11-19)15(21)9-12-5-3-4-6-12/h7-8,10,12,14H,3-6,9H2,1-2H3,(H,20,22). The van der Waals surface area contributed by atoms with Gasteiger partial charge in [-0.25, -0.2) is 0 Å². The highest BCUT2D eigenvalue weighted by Gasteiger charge is 2.29. The molecule has 6 nitrogen and oxygen atoms in total. The molecule has 1 aromatic rings. The molecule has 128 valence electrons. The highest BCUT2D eigenvalue weighted by atomic mass is 16.5. The number of amides is 1. The lowest BCUT2D eigenvalue weighted by Gasteiger charge is -2.14. The van der Waals surface area contributed by atoms with Crippen molar-refractivity contribution in [1.82, 2.24) is 0 Å². The van der Waals surface area contributed by atoms with Gasteiger partial charge in [-0.05, 0) is 18.1 Å². The first-order valence-corrected chi connectivity index (χ1v) is 8.04. The quantitative estimate of drug-likeness (QED) is 0.777. The first-order chi connectivity index (χ1) is 11.6. The van der Waals surface area contributed by atoms with Gasteiger partial charge in [0.25, 0.3) is 0 Å². The van der Waals surface area contributed by atoms with Crippen molar-refractivity contribution in [3.63, 3.8) is 0 Å². The number of anilines is 1. The molecule has 0 radical (unpaired) electrons. The van der Waals surface area contributed by atoms with E-state index < -0.39 is 11.8 Å². The Kier molecular flexibility index (Phi) is 6.19. The Bertz CT molecular complexity index is 645. The molecule has 6 heteroatoms. The summed E-state index contributed by atoms with van der Waals surface area (Å²) in [6, 6.07) is 6.70. The number of nitriles is 1. The van der Waals surface area contributed by atoms with Crippen LogP contribution in [0, 0.1) is 23.2 Å². The van der Waals surface area contributed by atoms with E-state index in [1.54, 1.807) is 18.2 Å². The minimum atomic E-state index is -1.28. The van der Waals surface area contributed by atoms with Crippen LogP contribution in [0.3, 0.4) is 0 Å². The summed E-state index contributed by atoms with van der Waals surface area (Å²) in [5.74, 6) is -0.887. The molecule has 1 aliphatic carbocycles. The van der Waals surface area contributed by atoms with Crippen LogP contribution in [-0.2, 0) is 9.59 Å². The molecule has 1 unspecified atom stereocenters. The minimum Gasteiger partial charge on any atom is -0.493 e. The maximum Gasteiger partial charge on any atom is 0.249 e. The van der Waals surface area contributed by atoms with Gasteiger partial charge in [-0.15, -0.1) is 0 Å². The number of ketones is 1. The molecule has 0 aromatic heterocycles. The fourth-order valence-corrected chi connectivity index (χ4v) is 3.02. The van der Waals surface area contributed by atoms with Crippen LogP contribution in [0.1, 0.15) is 32.1 Å². The third kappa shape index (κ3) is 4.25. The number of hydrogen-bond donors (Lipinski definition) is 1. The average Bonchev–Trinajstić information content (AvgIpc) is 3.08. The molecular formula is C18H22N2O4. The lowest BCUT2D eigenvalue weighted by Crippen LogP contribution is -2.29. The van der Waals surface area contributed by atoms with E-state index in [2.05, 4.69) is 5.32 Å². The van der Waals surface area contributed by atoms with Gasteiger partial charge in [-0.1, -0.05) is 25.7 Å². The van der Waals surface area contributed by atoms with Crippen LogP contribution >= 0.6 is 0 Å². The molecule has 1 saturated carbocycles. The summed E-state index contributed by atoms with van der Waals surface area (Å²) in [7, 11) is 3.01. The molecule has 0 heterocycles. The molecule has 1 fully saturated rings. The summed E-state index contributed by atoms with van der Waals surface area (Å²) in [5, 5.41) is 11.8. The summed E-state index contributed by atoms with van der Waals surface area (Å²) in [4.78, 5) is 24.5. The van der Waals surface area contributed by atoms with Crippen LogP contribution in [0.5, 0.6) is 11.5 Å². The smallest absolute Gasteiger partial charge is 0.249 e. The van der Waals surface area contributed by atoms with Gasteiger partial charge in [0.05, 0.1) is 20.3 Å². The molecular weight excluding hydrogens is 308 g/mol. The van der Waals surface area contributed by atoms with E-state index in [1.807, 2.05) is 6.07 Å². The Balaban J connectivity index is 2.03. The topological polar surface area (TPSA) is 88.4 Å². The third-order valence-corrected chi connectivity index (χ3v) is 4.33. The summed E-state index contributed by atoms with van der Waals surface area (Å²) >= 11 is 0. The van der Waals surface area contributed by atoms with Crippen LogP contribution in [0.25, 0.3) is 0 Å². The molecule has 2 rings (SSSR count). The number of hydrogen-bond acceptors (Lipinski definition) is 5. The number of Topliss-reactive ketones (excluding diaryl/α,β-unsaturated/α-hetero) is 1. The van der Waals surface area contributed by atoms with Crippen molar-refractivity contribution >= 4 is 17.4 Å². The van der Waals surface area contributed by atoms with Gasteiger partial charge >= 0.3 is 0 Å². The Morgan fingerprint density at radius 1 is 1.25 bits per heavy atom. The first-order valence-electron chi connectivity index (χ1n) is 8.04. The summed E-state index contributed by atoms with van der Waals surface area (Å²) in [5.41, 5.74) is 0.451. The Morgan fingerprint density at radius 3 is 2.50 bits per heavy atom. The van der Waals surface area contributed by atoms with Crippen LogP contribution in [0.15, 0.2) is 18.2 Å². The first kappa shape index (κ1) is 17.8. The largest absolute Gasteiger partial charge is 0.493 e. The van der Waals surface area contributed by atoms with E-state index in [1.165, 1.54) is 14.2 Å². The van der Waals surface area contributed by atoms with E-state index >= 15 is 0 Å². The fourth-order valence-electron chi connectivity index (χ4n) is 3.02. The lowest BCUT2D eigenvalue weighted by molar-refractivity contribution is -0.129. The summed E-state index contributed by atoms with van der Waals surface area (Å²) < 4.78 is 10.3. The molecule has 1 aromatic carbocycles. The molecule has 1 atom stereocenters. The maximum absolute atomic E-state index is 12.3. The second-order valence-electron chi connectivity index (χ2n) is 5.94. The molecule has 0 bridgehead atoms. The van der Waals surface area contributed by atoms with Crippen molar-refractivity contribution in [3.05, 3.63) is 18.2 Å². The molecule has 0 saturated heterocycles. The SMILES string of the molecule is COc1ccc(NC(=O)C(C#N)C(=O)CC2CCCC2)cc1OC. The van der Waals surface area contributed by atoms with E-state index in [9.17, 15) is 14.9 Å². The predicted molar refractivity (Wildman–Crippen MR) is 88.9 cm³/mol. The normalized spacial score (nSPS) is 15.4. The van der Waals surface area contributed by atoms with E-state index in [0.717, 1.165) is 25.7 Å². The number of rotatable bonds is 7. The van der Waals surface area contributed by atoms with Gasteiger partial charge in [0.2, 0.25) is 5.91 Å². The molecule has 1 amide bonds. The van der Waals surface area contributed by atoms with Gasteiger partial charge < -0.3 is 14.8 Å². The number of nitrogens with zero attached hydrogens (tertiary/aromatic N) is 1. The number of carbonyl (C=O) groups excluding carboxylic acids is 2. The Morgan fingerprint density at radius 2 is 1.92 bits per heavy atom. The number of benzene rings is 1. The van der Waals surface area contributed by atoms with Crippen molar-refractivity contribution in [2.24, 2.45) is 11.8 Å². The Labute approximate surface area is 141 Å². The Hall–Kier alpha value is -2.55. The third-order valence-electron chi connectivity index (χ3n) is 4.33. The van der Waals surface area contributed by atoms with Crippen molar-refractivity contribution < 1.29 is 19.1 Å². The molecule has 24 heavy (non-hydrogen) atoms. The molecule has 0 aliphatic heterocycles. The number of ether oxygens (including phenoxy) is 2. The zero-order valence-corrected chi connectivity index (χ0v) is 14.0. The number of methoxy groups -OCH3 is 2. The minimum absolute atomic E-state index is 0.303. The van der Waals surface area contributed by atoms with Crippen LogP contribution in [0.2, 0.25) is 0 Å². The second-order valence-corrected chi connectivity index (χ2v) is 5.94. The summed E-state index contributed by atoms with van der Waals surface area (Å²) in [6.07, 6.45) is 4.54. The average molecular weight is 330 g/mol. The molecule has 0 spiro atoms. The highest BCUT2D eigenvalue weighted by Crippen LogP contribution is 2.31. The van der Waals surface area contributed by atoms with Crippen LogP contribution in [0.4, 0.5) is 5.69 Å². The number of nitrogens with one attached hydrogen (secondary N) is 1. The van der Waals surface area contributed by atoms with Crippen LogP contribution < -0.4 is 14.8 Å². The molecule has 1 aliphatic rings. The highest BCUT2D eigenvalue weighted by molar-refractivity contribution is 6.09. The van der Waals surface area contributed by atoms with Crippen LogP contribution in [-0.4, -0.2) is 25.9 Å². The van der Waals surface area contributed by atoms with Gasteiger partial charge in [-0.2, -0.15) is 5.26 Å². The fraction of sp³-hybridized carbons (Fsp3) is 0.500. The lowest BCUT2D eigenvalue weighted by atomic mass is 9.93. The monoisotopic (exact) mass is 330 g/mol. The summed E-state index contributed by atoms with van der Waals surface area (Å²) in [6.45, 7) is 0. The van der Waals surface area contributed by atoms with E-state index in [4.69, 9.17) is 9.47 Å². The van der Waals surface area contributed by atoms with E-state index in [-0.39, 0.29) is 5.78 Å². The van der Waals surface area contributed by atoms with Crippen molar-refractivity contribution in [2.45, 2.75) is 32.1 Å². The maximum atomic E-state index is 12.3.